The maximum atomic E-state index is 13.9. The first-order valence-corrected chi connectivity index (χ1v) is 12.0. The maximum absolute atomic E-state index is 13.9. The predicted octanol–water partition coefficient (Wildman–Crippen LogP) is 4.70. The zero-order chi connectivity index (χ0) is 24.9. The van der Waals surface area contributed by atoms with Gasteiger partial charge in [-0.2, -0.15) is 0 Å². The molecule has 2 heterocycles. The zero-order valence-electron chi connectivity index (χ0n) is 20.9. The summed E-state index contributed by atoms with van der Waals surface area (Å²) in [5, 5.41) is 0. The molecule has 0 saturated carbocycles. The average molecular weight is 476 g/mol. The van der Waals surface area contributed by atoms with E-state index < -0.39 is 0 Å². The average Bonchev–Trinajstić information content (AvgIpc) is 3.19. The summed E-state index contributed by atoms with van der Waals surface area (Å²) >= 11 is 0. The molecular formula is C28H33N3O4. The van der Waals surface area contributed by atoms with Crippen molar-refractivity contribution in [3.8, 4) is 17.2 Å². The highest BCUT2D eigenvalue weighted by Gasteiger charge is 2.33. The SMILES string of the molecule is COc1ccc(-n2c(C(=O)N3CCCCC3)c(C)c(OCc3ccccc3)c2C(=O)N(C)C)cc1. The number of likely N-dealkylation sites (tertiary alicyclic amines) is 1. The van der Waals surface area contributed by atoms with E-state index in [0.29, 0.717) is 53.8 Å². The minimum absolute atomic E-state index is 0.0830. The molecule has 2 aromatic carbocycles. The van der Waals surface area contributed by atoms with E-state index >= 15 is 0 Å². The van der Waals surface area contributed by atoms with Crippen molar-refractivity contribution in [3.63, 3.8) is 0 Å². The fraction of sp³-hybridized carbons (Fsp3) is 0.357. The number of piperidine rings is 1. The quantitative estimate of drug-likeness (QED) is 0.497. The Hall–Kier alpha value is -3.74. The molecular weight excluding hydrogens is 442 g/mol. The number of aromatic nitrogens is 1. The number of hydrogen-bond donors (Lipinski definition) is 0. The van der Waals surface area contributed by atoms with Gasteiger partial charge in [-0.3, -0.25) is 14.2 Å². The van der Waals surface area contributed by atoms with Gasteiger partial charge in [-0.15, -0.1) is 0 Å². The van der Waals surface area contributed by atoms with Gasteiger partial charge in [0, 0.05) is 38.4 Å². The lowest BCUT2D eigenvalue weighted by atomic mass is 10.1. The van der Waals surface area contributed by atoms with Gasteiger partial charge in [-0.05, 0) is 56.0 Å². The second-order valence-electron chi connectivity index (χ2n) is 9.01. The summed E-state index contributed by atoms with van der Waals surface area (Å²) < 4.78 is 13.4. The van der Waals surface area contributed by atoms with Crippen LogP contribution in [0, 0.1) is 6.92 Å². The molecule has 1 aliphatic heterocycles. The van der Waals surface area contributed by atoms with Crippen molar-refractivity contribution in [2.45, 2.75) is 32.8 Å². The fourth-order valence-electron chi connectivity index (χ4n) is 4.47. The van der Waals surface area contributed by atoms with E-state index in [1.165, 1.54) is 4.90 Å². The number of carbonyl (C=O) groups is 2. The first kappa shape index (κ1) is 24.4. The van der Waals surface area contributed by atoms with Gasteiger partial charge < -0.3 is 19.3 Å². The summed E-state index contributed by atoms with van der Waals surface area (Å²) in [7, 11) is 5.02. The van der Waals surface area contributed by atoms with Crippen LogP contribution in [-0.4, -0.2) is 60.5 Å². The van der Waals surface area contributed by atoms with Crippen LogP contribution in [0.15, 0.2) is 54.6 Å². The topological polar surface area (TPSA) is 64.0 Å². The molecule has 35 heavy (non-hydrogen) atoms. The van der Waals surface area contributed by atoms with Gasteiger partial charge in [0.2, 0.25) is 0 Å². The third kappa shape index (κ3) is 5.04. The summed E-state index contributed by atoms with van der Waals surface area (Å²) in [5.41, 5.74) is 3.15. The van der Waals surface area contributed by atoms with Gasteiger partial charge in [0.15, 0.2) is 11.4 Å². The lowest BCUT2D eigenvalue weighted by molar-refractivity contribution is 0.0715. The number of benzene rings is 2. The number of ether oxygens (including phenoxy) is 2. The molecule has 0 N–H and O–H groups in total. The highest BCUT2D eigenvalue weighted by atomic mass is 16.5. The first-order valence-electron chi connectivity index (χ1n) is 12.0. The highest BCUT2D eigenvalue weighted by molar-refractivity contribution is 6.03. The van der Waals surface area contributed by atoms with Crippen LogP contribution >= 0.6 is 0 Å². The van der Waals surface area contributed by atoms with Crippen molar-refractivity contribution in [2.75, 3.05) is 34.3 Å². The summed E-state index contributed by atoms with van der Waals surface area (Å²) in [6.45, 7) is 3.58. The zero-order valence-corrected chi connectivity index (χ0v) is 20.9. The number of hydrogen-bond acceptors (Lipinski definition) is 4. The fourth-order valence-corrected chi connectivity index (χ4v) is 4.47. The van der Waals surface area contributed by atoms with E-state index in [1.807, 2.05) is 66.4 Å². The third-order valence-corrected chi connectivity index (χ3v) is 6.37. The number of nitrogens with zero attached hydrogens (tertiary/aromatic N) is 3. The highest BCUT2D eigenvalue weighted by Crippen LogP contribution is 2.36. The van der Waals surface area contributed by atoms with E-state index in [9.17, 15) is 9.59 Å². The van der Waals surface area contributed by atoms with Crippen molar-refractivity contribution in [3.05, 3.63) is 77.1 Å². The van der Waals surface area contributed by atoms with Crippen molar-refractivity contribution < 1.29 is 19.1 Å². The molecule has 1 fully saturated rings. The molecule has 4 rings (SSSR count). The van der Waals surface area contributed by atoms with E-state index in [2.05, 4.69) is 0 Å². The second kappa shape index (κ2) is 10.7. The second-order valence-corrected chi connectivity index (χ2v) is 9.01. The van der Waals surface area contributed by atoms with Crippen LogP contribution in [0.2, 0.25) is 0 Å². The van der Waals surface area contributed by atoms with E-state index in [0.717, 1.165) is 24.8 Å². The van der Waals surface area contributed by atoms with Gasteiger partial charge in [-0.1, -0.05) is 30.3 Å². The molecule has 7 heteroatoms. The van der Waals surface area contributed by atoms with Gasteiger partial charge in [-0.25, -0.2) is 0 Å². The predicted molar refractivity (Wildman–Crippen MR) is 136 cm³/mol. The molecule has 0 radical (unpaired) electrons. The maximum Gasteiger partial charge on any atom is 0.274 e. The van der Waals surface area contributed by atoms with Crippen molar-refractivity contribution >= 4 is 11.8 Å². The largest absolute Gasteiger partial charge is 0.497 e. The molecule has 7 nitrogen and oxygen atoms in total. The lowest BCUT2D eigenvalue weighted by Crippen LogP contribution is -2.37. The van der Waals surface area contributed by atoms with Crippen LogP contribution in [0.25, 0.3) is 5.69 Å². The molecule has 184 valence electrons. The standard InChI is InChI=1S/C28H33N3O4/c1-20-24(28(33)30-17-9-6-10-18-30)31(22-13-15-23(34-4)16-14-22)25(27(32)29(2)3)26(20)35-19-21-11-7-5-8-12-21/h5,7-8,11-16H,6,9-10,17-19H2,1-4H3. The van der Waals surface area contributed by atoms with Crippen molar-refractivity contribution in [2.24, 2.45) is 0 Å². The summed E-state index contributed by atoms with van der Waals surface area (Å²) in [6, 6.07) is 17.2. The van der Waals surface area contributed by atoms with E-state index in [1.54, 1.807) is 25.8 Å². The third-order valence-electron chi connectivity index (χ3n) is 6.37. The minimum atomic E-state index is -0.232. The van der Waals surface area contributed by atoms with Crippen LogP contribution in [0.5, 0.6) is 11.5 Å². The Kier molecular flexibility index (Phi) is 7.44. The van der Waals surface area contributed by atoms with Crippen molar-refractivity contribution in [1.29, 1.82) is 0 Å². The van der Waals surface area contributed by atoms with Crippen LogP contribution in [-0.2, 0) is 6.61 Å². The summed E-state index contributed by atoms with van der Waals surface area (Å²) in [6.07, 6.45) is 3.09. The monoisotopic (exact) mass is 475 g/mol. The Morgan fingerprint density at radius 2 is 1.57 bits per heavy atom. The molecule has 0 atom stereocenters. The molecule has 0 spiro atoms. The molecule has 0 aliphatic carbocycles. The molecule has 0 unspecified atom stereocenters. The molecule has 1 saturated heterocycles. The van der Waals surface area contributed by atoms with Gasteiger partial charge >= 0.3 is 0 Å². The molecule has 1 aliphatic rings. The molecule has 1 aromatic heterocycles. The smallest absolute Gasteiger partial charge is 0.274 e. The van der Waals surface area contributed by atoms with Gasteiger partial charge in [0.25, 0.3) is 11.8 Å². The Bertz CT molecular complexity index is 1180. The van der Waals surface area contributed by atoms with Gasteiger partial charge in [0.05, 0.1) is 7.11 Å². The first-order chi connectivity index (χ1) is 16.9. The van der Waals surface area contributed by atoms with Gasteiger partial charge in [0.1, 0.15) is 18.1 Å². The Balaban J connectivity index is 1.89. The van der Waals surface area contributed by atoms with E-state index in [-0.39, 0.29) is 11.8 Å². The Morgan fingerprint density at radius 3 is 2.17 bits per heavy atom. The number of methoxy groups -OCH3 is 1. The molecule has 3 aromatic rings. The van der Waals surface area contributed by atoms with Crippen LogP contribution < -0.4 is 9.47 Å². The van der Waals surface area contributed by atoms with Crippen LogP contribution in [0.3, 0.4) is 0 Å². The van der Waals surface area contributed by atoms with Crippen LogP contribution in [0.1, 0.15) is 51.4 Å². The normalized spacial score (nSPS) is 13.4. The summed E-state index contributed by atoms with van der Waals surface area (Å²) in [4.78, 5) is 30.8. The Morgan fingerprint density at radius 1 is 0.914 bits per heavy atom. The van der Waals surface area contributed by atoms with Crippen LogP contribution in [0.4, 0.5) is 0 Å². The number of rotatable bonds is 7. The number of carbonyl (C=O) groups excluding carboxylic acids is 2. The van der Waals surface area contributed by atoms with Crippen molar-refractivity contribution in [1.82, 2.24) is 14.4 Å². The lowest BCUT2D eigenvalue weighted by Gasteiger charge is -2.27. The molecule has 0 bridgehead atoms. The molecule has 2 amide bonds. The van der Waals surface area contributed by atoms with E-state index in [4.69, 9.17) is 9.47 Å². The summed E-state index contributed by atoms with van der Waals surface area (Å²) in [5.74, 6) is 0.816. The Labute approximate surface area is 206 Å². The number of amides is 2. The minimum Gasteiger partial charge on any atom is -0.497 e.